The molecule has 10 nitrogen and oxygen atoms in total. The summed E-state index contributed by atoms with van der Waals surface area (Å²) in [6.45, 7) is 5.81. The fraction of sp³-hybridized carbons (Fsp3) is 0.134. The number of nitrogens with zero attached hydrogens (tertiary/aromatic N) is 7. The first-order valence-corrected chi connectivity index (χ1v) is 27.8. The van der Waals surface area contributed by atoms with Crippen molar-refractivity contribution < 1.29 is 14.3 Å². The zero-order valence-corrected chi connectivity index (χ0v) is 48.3. The largest absolute Gasteiger partial charge is 0.494 e. The van der Waals surface area contributed by atoms with Gasteiger partial charge < -0.3 is 19.4 Å². The number of rotatable bonds is 11. The molecule has 2 aliphatic carbocycles. The Hall–Kier alpha value is -8.38. The molecule has 10 aromatic carbocycles. The van der Waals surface area contributed by atoms with Gasteiger partial charge in [-0.1, -0.05) is 82.8 Å². The fourth-order valence-electron chi connectivity index (χ4n) is 11.6. The molecule has 12 rings (SSSR count). The van der Waals surface area contributed by atoms with Crippen LogP contribution in [0.25, 0.3) is 43.8 Å². The molecule has 0 atom stereocenters. The highest BCUT2D eigenvalue weighted by Gasteiger charge is 2.30. The van der Waals surface area contributed by atoms with E-state index in [1.807, 2.05) is 143 Å². The van der Waals surface area contributed by atoms with Gasteiger partial charge in [0.15, 0.2) is 5.75 Å². The van der Waals surface area contributed by atoms with Gasteiger partial charge in [-0.2, -0.15) is 10.2 Å². The van der Waals surface area contributed by atoms with Crippen LogP contribution in [0.5, 0.6) is 5.75 Å². The van der Waals surface area contributed by atoms with E-state index in [0.29, 0.717) is 72.6 Å². The van der Waals surface area contributed by atoms with Crippen molar-refractivity contribution >= 4 is 125 Å². The third-order valence-electron chi connectivity index (χ3n) is 15.8. The van der Waals surface area contributed by atoms with E-state index in [0.717, 1.165) is 99.9 Å². The number of fused-ring (bicyclic) bond motifs is 10. The molecule has 0 saturated heterocycles. The highest BCUT2D eigenvalue weighted by atomic mass is 35.5. The maximum Gasteiger partial charge on any atom is 0.261 e. The van der Waals surface area contributed by atoms with Crippen LogP contribution in [0, 0.1) is 20.8 Å². The van der Waals surface area contributed by atoms with Crippen LogP contribution in [0.3, 0.4) is 0 Å². The number of ether oxygens (including phenoxy) is 1. The van der Waals surface area contributed by atoms with E-state index in [1.54, 1.807) is 43.1 Å². The highest BCUT2D eigenvalue weighted by Crippen LogP contribution is 2.50. The number of aryl methyl sites for hydroxylation is 2. The molecule has 0 radical (unpaired) electrons. The summed E-state index contributed by atoms with van der Waals surface area (Å²) in [6.07, 6.45) is 1.35. The Morgan fingerprint density at radius 3 is 1.35 bits per heavy atom. The van der Waals surface area contributed by atoms with Crippen LogP contribution in [0.2, 0.25) is 20.1 Å². The molecule has 10 aromatic rings. The second-order valence-electron chi connectivity index (χ2n) is 20.6. The van der Waals surface area contributed by atoms with Gasteiger partial charge in [-0.3, -0.25) is 9.59 Å². The quantitative estimate of drug-likeness (QED) is 0.120. The number of benzene rings is 10. The van der Waals surface area contributed by atoms with Crippen molar-refractivity contribution in [3.8, 4) is 28.0 Å². The Kier molecular flexibility index (Phi) is 14.0. The summed E-state index contributed by atoms with van der Waals surface area (Å²) in [7, 11) is 7.07. The van der Waals surface area contributed by atoms with Crippen molar-refractivity contribution in [3.63, 3.8) is 0 Å². The summed E-state index contributed by atoms with van der Waals surface area (Å²) in [5, 5.41) is 25.6. The Balaban J connectivity index is 0.846. The van der Waals surface area contributed by atoms with Crippen molar-refractivity contribution in [1.29, 1.82) is 0 Å². The van der Waals surface area contributed by atoms with Crippen LogP contribution in [-0.2, 0) is 12.8 Å². The second kappa shape index (κ2) is 21.3. The molecular formula is C67H51Cl4N7O3. The summed E-state index contributed by atoms with van der Waals surface area (Å²) in [5.41, 5.74) is 17.8. The van der Waals surface area contributed by atoms with Gasteiger partial charge in [0.05, 0.1) is 29.7 Å². The van der Waals surface area contributed by atoms with Crippen LogP contribution < -0.4 is 19.4 Å². The molecule has 0 N–H and O–H groups in total. The Labute approximate surface area is 489 Å². The minimum absolute atomic E-state index is 0.169. The lowest BCUT2D eigenvalue weighted by Crippen LogP contribution is -2.27. The molecule has 0 unspecified atom stereocenters. The van der Waals surface area contributed by atoms with Gasteiger partial charge in [0, 0.05) is 80.3 Å². The number of methoxy groups -OCH3 is 1. The highest BCUT2D eigenvalue weighted by molar-refractivity contribution is 6.32. The molecule has 0 fully saturated rings. The van der Waals surface area contributed by atoms with Crippen LogP contribution in [0.15, 0.2) is 178 Å². The van der Waals surface area contributed by atoms with Crippen molar-refractivity contribution in [1.82, 2.24) is 0 Å². The molecule has 0 bridgehead atoms. The number of anilines is 4. The first kappa shape index (κ1) is 53.3. The summed E-state index contributed by atoms with van der Waals surface area (Å²) in [5.74, 6) is -0.123. The minimum atomic E-state index is -0.271. The van der Waals surface area contributed by atoms with Crippen molar-refractivity contribution in [2.75, 3.05) is 43.0 Å². The van der Waals surface area contributed by atoms with Gasteiger partial charge in [0.2, 0.25) is 0 Å². The summed E-state index contributed by atoms with van der Waals surface area (Å²) < 4.78 is 6.14. The van der Waals surface area contributed by atoms with Crippen molar-refractivity contribution in [2.45, 2.75) is 33.6 Å². The third kappa shape index (κ3) is 9.65. The molecule has 0 heterocycles. The number of hydrogen-bond acceptors (Lipinski definition) is 8. The Morgan fingerprint density at radius 2 is 0.877 bits per heavy atom. The molecule has 2 aliphatic rings. The van der Waals surface area contributed by atoms with Gasteiger partial charge in [-0.15, -0.1) is 10.2 Å². The van der Waals surface area contributed by atoms with E-state index >= 15 is 0 Å². The number of halogens is 4. The molecule has 14 heteroatoms. The van der Waals surface area contributed by atoms with E-state index < -0.39 is 0 Å². The monoisotopic (exact) mass is 1140 g/mol. The summed E-state index contributed by atoms with van der Waals surface area (Å²) in [4.78, 5) is 34.3. The van der Waals surface area contributed by atoms with Gasteiger partial charge in [-0.05, 0) is 227 Å². The van der Waals surface area contributed by atoms with Gasteiger partial charge in [-0.25, -0.2) is 0 Å². The first-order chi connectivity index (χ1) is 39.0. The lowest BCUT2D eigenvalue weighted by Gasteiger charge is -2.22. The van der Waals surface area contributed by atoms with E-state index in [4.69, 9.17) is 71.6 Å². The van der Waals surface area contributed by atoms with Gasteiger partial charge >= 0.3 is 0 Å². The number of amides is 2. The maximum absolute atomic E-state index is 14.5. The number of azo groups is 2. The molecule has 0 aliphatic heterocycles. The molecule has 81 heavy (non-hydrogen) atoms. The van der Waals surface area contributed by atoms with Gasteiger partial charge in [0.25, 0.3) is 11.8 Å². The predicted molar refractivity (Wildman–Crippen MR) is 333 cm³/mol. The first-order valence-electron chi connectivity index (χ1n) is 26.2. The predicted octanol–water partition coefficient (Wildman–Crippen LogP) is 19.8. The summed E-state index contributed by atoms with van der Waals surface area (Å²) >= 11 is 25.6. The smallest absolute Gasteiger partial charge is 0.261 e. The lowest BCUT2D eigenvalue weighted by molar-refractivity contribution is 0.0983. The van der Waals surface area contributed by atoms with Crippen LogP contribution in [0.4, 0.5) is 45.5 Å². The van der Waals surface area contributed by atoms with E-state index in [9.17, 15) is 9.59 Å². The number of carbonyl (C=O) groups excluding carboxylic acids is 2. The second-order valence-corrected chi connectivity index (χ2v) is 22.4. The molecule has 2 amide bonds. The molecule has 0 aromatic heterocycles. The fourth-order valence-corrected chi connectivity index (χ4v) is 12.4. The molecule has 0 saturated carbocycles. The minimum Gasteiger partial charge on any atom is -0.494 e. The standard InChI is InChI=1S/C67H51Cl4N7O3/c1-36-28-43(68)14-26-59(36)77(5)66(79)53-32-41-10-24-51-54-34-45(70)12-8-39(54)30-56(51)61(41)63(38(53)3)74-72-47-16-20-49(21-17-47)76(4)50-22-18-48(19-23-50)73-75-64-62-42(11-25-52-55-35-46(71)13-9-40(55)31-57(52)62)33-58(65(64)81-7)67(80)78(6)60-27-15-44(69)29-37(60)2/h8-29,32-35H,30-31H2,1-7H3. The van der Waals surface area contributed by atoms with Crippen LogP contribution in [-0.4, -0.2) is 40.1 Å². The average Bonchev–Trinajstić information content (AvgIpc) is 4.12. The average molecular weight is 1140 g/mol. The van der Waals surface area contributed by atoms with E-state index in [2.05, 4.69) is 35.2 Å². The van der Waals surface area contributed by atoms with Crippen LogP contribution in [0.1, 0.15) is 59.7 Å². The Morgan fingerprint density at radius 1 is 0.457 bits per heavy atom. The zero-order valence-electron chi connectivity index (χ0n) is 45.3. The Bertz CT molecular complexity index is 4350. The van der Waals surface area contributed by atoms with E-state index in [-0.39, 0.29) is 11.8 Å². The zero-order chi connectivity index (χ0) is 56.5. The molecule has 0 spiro atoms. The number of hydrogen-bond donors (Lipinski definition) is 0. The van der Waals surface area contributed by atoms with Crippen molar-refractivity contribution in [3.05, 3.63) is 228 Å². The van der Waals surface area contributed by atoms with Gasteiger partial charge in [0.1, 0.15) is 5.69 Å². The third-order valence-corrected chi connectivity index (χ3v) is 16.7. The van der Waals surface area contributed by atoms with E-state index in [1.165, 1.54) is 5.56 Å². The van der Waals surface area contributed by atoms with Crippen molar-refractivity contribution in [2.24, 2.45) is 20.5 Å². The SMILES string of the molecule is COc1c(C(=O)N(C)c2ccc(Cl)cc2C)cc2ccc3c(c2c1N=Nc1ccc(N(C)c2ccc(N=Nc4c(C)c(C(=O)N(C)c5ccc(Cl)cc5C)cc5ccc6c(c45)Cc4ccc(Cl)cc4-6)cc2)cc1)Cc1ccc(Cl)cc1-3. The summed E-state index contributed by atoms with van der Waals surface area (Å²) in [6, 6.07) is 50.7. The lowest BCUT2D eigenvalue weighted by atomic mass is 9.92. The maximum atomic E-state index is 14.5. The molecule has 400 valence electrons. The topological polar surface area (TPSA) is 103 Å². The van der Waals surface area contributed by atoms with Crippen LogP contribution >= 0.6 is 46.4 Å². The molecular weight excluding hydrogens is 1090 g/mol. The number of carbonyl (C=O) groups is 2. The normalized spacial score (nSPS) is 12.3.